The standard InChI is InChI=1S/C21H16N4O/c26-20-21(25-18-13-7-5-11-16(18)23-20)19(14-8-2-1-3-9-14)22-15-10-4-6-12-17(15)24-21/h1-13,24-25H,(H,23,26). The summed E-state index contributed by atoms with van der Waals surface area (Å²) in [5.74, 6) is -0.187. The van der Waals surface area contributed by atoms with Crippen LogP contribution in [0.5, 0.6) is 0 Å². The molecule has 2 aliphatic heterocycles. The Labute approximate surface area is 150 Å². The molecule has 3 aromatic carbocycles. The van der Waals surface area contributed by atoms with Gasteiger partial charge in [0, 0.05) is 5.56 Å². The Morgan fingerprint density at radius 1 is 0.692 bits per heavy atom. The van der Waals surface area contributed by atoms with Crippen molar-refractivity contribution in [2.75, 3.05) is 16.0 Å². The summed E-state index contributed by atoms with van der Waals surface area (Å²) in [5.41, 5.74) is 3.59. The first kappa shape index (κ1) is 14.7. The molecule has 1 amide bonds. The summed E-state index contributed by atoms with van der Waals surface area (Å²) in [6, 6.07) is 25.2. The lowest BCUT2D eigenvalue weighted by Crippen LogP contribution is -2.64. The number of carbonyl (C=O) groups is 1. The van der Waals surface area contributed by atoms with Crippen LogP contribution < -0.4 is 16.0 Å². The zero-order valence-electron chi connectivity index (χ0n) is 13.9. The van der Waals surface area contributed by atoms with Crippen LogP contribution in [0.2, 0.25) is 0 Å². The number of carbonyl (C=O) groups excluding carboxylic acids is 1. The molecule has 0 saturated heterocycles. The summed E-state index contributed by atoms with van der Waals surface area (Å²) in [6.45, 7) is 0. The Balaban J connectivity index is 1.74. The number of aliphatic imine (C=N–C) groups is 1. The average molecular weight is 340 g/mol. The van der Waals surface area contributed by atoms with Crippen molar-refractivity contribution in [2.24, 2.45) is 4.99 Å². The number of nitrogens with one attached hydrogen (secondary N) is 3. The quantitative estimate of drug-likeness (QED) is 0.627. The topological polar surface area (TPSA) is 65.5 Å². The normalized spacial score (nSPS) is 20.2. The highest BCUT2D eigenvalue weighted by atomic mass is 16.2. The molecule has 0 saturated carbocycles. The van der Waals surface area contributed by atoms with Gasteiger partial charge < -0.3 is 16.0 Å². The second-order valence-electron chi connectivity index (χ2n) is 6.34. The molecule has 3 N–H and O–H groups in total. The average Bonchev–Trinajstić information content (AvgIpc) is 2.69. The van der Waals surface area contributed by atoms with Gasteiger partial charge in [-0.15, -0.1) is 0 Å². The highest BCUT2D eigenvalue weighted by Crippen LogP contribution is 2.40. The number of benzene rings is 3. The minimum atomic E-state index is -1.18. The van der Waals surface area contributed by atoms with E-state index in [9.17, 15) is 4.79 Å². The first-order chi connectivity index (χ1) is 12.8. The molecule has 2 aliphatic rings. The molecule has 5 nitrogen and oxygen atoms in total. The van der Waals surface area contributed by atoms with E-state index in [1.807, 2.05) is 78.9 Å². The van der Waals surface area contributed by atoms with Gasteiger partial charge in [-0.2, -0.15) is 0 Å². The lowest BCUT2D eigenvalue weighted by atomic mass is 9.90. The third-order valence-corrected chi connectivity index (χ3v) is 4.70. The maximum Gasteiger partial charge on any atom is 0.277 e. The smallest absolute Gasteiger partial charge is 0.277 e. The van der Waals surface area contributed by atoms with Crippen molar-refractivity contribution >= 4 is 34.4 Å². The number of nitrogens with zero attached hydrogens (tertiary/aromatic N) is 1. The van der Waals surface area contributed by atoms with Gasteiger partial charge in [0.1, 0.15) is 5.71 Å². The molecule has 1 atom stereocenters. The molecule has 0 bridgehead atoms. The summed E-state index contributed by atoms with van der Waals surface area (Å²) in [5, 5.41) is 9.80. The van der Waals surface area contributed by atoms with Crippen LogP contribution in [0.25, 0.3) is 0 Å². The van der Waals surface area contributed by atoms with Crippen LogP contribution in [0.15, 0.2) is 83.9 Å². The SMILES string of the molecule is O=C1Nc2ccccc2NC12Nc1ccccc1N=C2c1ccccc1. The van der Waals surface area contributed by atoms with E-state index < -0.39 is 5.66 Å². The Morgan fingerprint density at radius 3 is 2.12 bits per heavy atom. The highest BCUT2D eigenvalue weighted by molar-refractivity contribution is 6.30. The van der Waals surface area contributed by atoms with Crippen molar-refractivity contribution in [3.8, 4) is 0 Å². The fourth-order valence-electron chi connectivity index (χ4n) is 3.45. The van der Waals surface area contributed by atoms with E-state index in [-0.39, 0.29) is 5.91 Å². The van der Waals surface area contributed by atoms with Gasteiger partial charge in [-0.05, 0) is 24.3 Å². The van der Waals surface area contributed by atoms with Crippen LogP contribution in [-0.4, -0.2) is 17.3 Å². The van der Waals surface area contributed by atoms with Crippen LogP contribution in [0.3, 0.4) is 0 Å². The summed E-state index contributed by atoms with van der Waals surface area (Å²) in [4.78, 5) is 18.1. The zero-order chi connectivity index (χ0) is 17.6. The molecule has 0 radical (unpaired) electrons. The molecule has 126 valence electrons. The third-order valence-electron chi connectivity index (χ3n) is 4.70. The lowest BCUT2D eigenvalue weighted by molar-refractivity contribution is -0.118. The lowest BCUT2D eigenvalue weighted by Gasteiger charge is -2.42. The molecule has 5 rings (SSSR count). The summed E-state index contributed by atoms with van der Waals surface area (Å²) >= 11 is 0. The number of rotatable bonds is 1. The maximum atomic E-state index is 13.2. The van der Waals surface area contributed by atoms with Crippen molar-refractivity contribution in [2.45, 2.75) is 5.66 Å². The molecular weight excluding hydrogens is 324 g/mol. The van der Waals surface area contributed by atoms with Gasteiger partial charge in [0.15, 0.2) is 0 Å². The summed E-state index contributed by atoms with van der Waals surface area (Å²) < 4.78 is 0. The van der Waals surface area contributed by atoms with Crippen molar-refractivity contribution in [3.63, 3.8) is 0 Å². The summed E-state index contributed by atoms with van der Waals surface area (Å²) in [7, 11) is 0. The van der Waals surface area contributed by atoms with Gasteiger partial charge in [0.2, 0.25) is 5.66 Å². The Kier molecular flexibility index (Phi) is 3.09. The fraction of sp³-hybridized carbons (Fsp3) is 0.0476. The van der Waals surface area contributed by atoms with Gasteiger partial charge in [0.25, 0.3) is 5.91 Å². The molecule has 1 spiro atoms. The Bertz CT molecular complexity index is 1040. The number of hydrogen-bond donors (Lipinski definition) is 3. The van der Waals surface area contributed by atoms with Crippen LogP contribution in [0, 0.1) is 0 Å². The molecular formula is C21H16N4O. The third kappa shape index (κ3) is 2.10. The van der Waals surface area contributed by atoms with E-state index in [1.54, 1.807) is 0 Å². The molecule has 5 heteroatoms. The Morgan fingerprint density at radius 2 is 1.31 bits per heavy atom. The van der Waals surface area contributed by atoms with E-state index in [0.29, 0.717) is 5.71 Å². The molecule has 2 heterocycles. The largest absolute Gasteiger partial charge is 0.348 e. The highest BCUT2D eigenvalue weighted by Gasteiger charge is 2.49. The first-order valence-corrected chi connectivity index (χ1v) is 8.47. The molecule has 0 aromatic heterocycles. The monoisotopic (exact) mass is 340 g/mol. The van der Waals surface area contributed by atoms with Crippen molar-refractivity contribution in [1.82, 2.24) is 0 Å². The number of amides is 1. The zero-order valence-corrected chi connectivity index (χ0v) is 13.9. The van der Waals surface area contributed by atoms with Gasteiger partial charge >= 0.3 is 0 Å². The predicted octanol–water partition coefficient (Wildman–Crippen LogP) is 3.99. The van der Waals surface area contributed by atoms with E-state index >= 15 is 0 Å². The van der Waals surface area contributed by atoms with E-state index in [2.05, 4.69) is 16.0 Å². The predicted molar refractivity (Wildman–Crippen MR) is 104 cm³/mol. The number of fused-ring (bicyclic) bond motifs is 2. The van der Waals surface area contributed by atoms with Crippen molar-refractivity contribution in [3.05, 3.63) is 84.4 Å². The minimum absolute atomic E-state index is 0.187. The van der Waals surface area contributed by atoms with Crippen molar-refractivity contribution < 1.29 is 4.79 Å². The van der Waals surface area contributed by atoms with Gasteiger partial charge in [-0.1, -0.05) is 54.6 Å². The molecule has 1 unspecified atom stereocenters. The molecule has 26 heavy (non-hydrogen) atoms. The van der Waals surface area contributed by atoms with E-state index in [1.165, 1.54) is 0 Å². The number of hydrogen-bond acceptors (Lipinski definition) is 4. The van der Waals surface area contributed by atoms with Gasteiger partial charge in [-0.25, -0.2) is 4.99 Å². The fourth-order valence-corrected chi connectivity index (χ4v) is 3.45. The Hall–Kier alpha value is -3.60. The van der Waals surface area contributed by atoms with E-state index in [4.69, 9.17) is 4.99 Å². The van der Waals surface area contributed by atoms with Gasteiger partial charge in [0.05, 0.1) is 22.7 Å². The second kappa shape index (κ2) is 5.46. The van der Waals surface area contributed by atoms with Crippen LogP contribution in [0.4, 0.5) is 22.7 Å². The summed E-state index contributed by atoms with van der Waals surface area (Å²) in [6.07, 6.45) is 0. The number of para-hydroxylation sites is 4. The molecule has 0 fully saturated rings. The molecule has 0 aliphatic carbocycles. The number of anilines is 3. The van der Waals surface area contributed by atoms with Crippen LogP contribution >= 0.6 is 0 Å². The van der Waals surface area contributed by atoms with Crippen molar-refractivity contribution in [1.29, 1.82) is 0 Å². The molecule has 3 aromatic rings. The maximum absolute atomic E-state index is 13.2. The van der Waals surface area contributed by atoms with Crippen LogP contribution in [0.1, 0.15) is 5.56 Å². The minimum Gasteiger partial charge on any atom is -0.348 e. The van der Waals surface area contributed by atoms with E-state index in [0.717, 1.165) is 28.3 Å². The second-order valence-corrected chi connectivity index (χ2v) is 6.34. The van der Waals surface area contributed by atoms with Crippen LogP contribution in [-0.2, 0) is 4.79 Å². The first-order valence-electron chi connectivity index (χ1n) is 8.47. The van der Waals surface area contributed by atoms with Gasteiger partial charge in [-0.3, -0.25) is 4.79 Å².